The maximum atomic E-state index is 12.1. The molecule has 1 fully saturated rings. The number of rotatable bonds is 6. The highest BCUT2D eigenvalue weighted by Gasteiger charge is 2.26. The number of carbonyl (C=O) groups is 1. The SMILES string of the molecule is C[C@@H]1CCCN(S(=O)(=O)NCCNC(=O)c2ncccc2O)C1. The van der Waals surface area contributed by atoms with Gasteiger partial charge >= 0.3 is 0 Å². The largest absolute Gasteiger partial charge is 0.505 e. The van der Waals surface area contributed by atoms with Crippen molar-refractivity contribution in [2.75, 3.05) is 26.2 Å². The van der Waals surface area contributed by atoms with Gasteiger partial charge in [-0.2, -0.15) is 12.7 Å². The Labute approximate surface area is 136 Å². The fourth-order valence-electron chi connectivity index (χ4n) is 2.47. The average Bonchev–Trinajstić information content (AvgIpc) is 2.52. The third-order valence-electron chi connectivity index (χ3n) is 3.66. The average molecular weight is 342 g/mol. The molecular formula is C14H22N4O4S. The third-order valence-corrected chi connectivity index (χ3v) is 5.24. The Bertz CT molecular complexity index is 650. The summed E-state index contributed by atoms with van der Waals surface area (Å²) in [7, 11) is -3.52. The van der Waals surface area contributed by atoms with E-state index in [1.165, 1.54) is 22.6 Å². The number of amides is 1. The number of nitrogens with one attached hydrogen (secondary N) is 2. The molecule has 1 aliphatic heterocycles. The molecule has 1 aromatic heterocycles. The molecule has 0 saturated carbocycles. The van der Waals surface area contributed by atoms with Crippen LogP contribution in [0.15, 0.2) is 18.3 Å². The summed E-state index contributed by atoms with van der Waals surface area (Å²) in [5.74, 6) is -0.408. The van der Waals surface area contributed by atoms with Crippen LogP contribution in [0.5, 0.6) is 5.75 Å². The highest BCUT2D eigenvalue weighted by Crippen LogP contribution is 2.17. The molecule has 8 nitrogen and oxygen atoms in total. The van der Waals surface area contributed by atoms with E-state index in [2.05, 4.69) is 15.0 Å². The Morgan fingerprint density at radius 3 is 2.96 bits per heavy atom. The zero-order valence-electron chi connectivity index (χ0n) is 13.0. The van der Waals surface area contributed by atoms with Gasteiger partial charge in [0, 0.05) is 32.4 Å². The van der Waals surface area contributed by atoms with E-state index >= 15 is 0 Å². The molecule has 1 aliphatic rings. The summed E-state index contributed by atoms with van der Waals surface area (Å²) in [4.78, 5) is 15.6. The van der Waals surface area contributed by atoms with Gasteiger partial charge in [0.25, 0.3) is 16.1 Å². The van der Waals surface area contributed by atoms with Crippen LogP contribution in [-0.4, -0.2) is 54.9 Å². The van der Waals surface area contributed by atoms with Crippen molar-refractivity contribution in [2.45, 2.75) is 19.8 Å². The second-order valence-corrected chi connectivity index (χ2v) is 7.39. The first-order valence-corrected chi connectivity index (χ1v) is 9.01. The molecule has 0 aromatic carbocycles. The Balaban J connectivity index is 1.78. The third kappa shape index (κ3) is 4.88. The van der Waals surface area contributed by atoms with Gasteiger partial charge in [0.2, 0.25) is 0 Å². The van der Waals surface area contributed by atoms with E-state index in [-0.39, 0.29) is 24.5 Å². The fraction of sp³-hybridized carbons (Fsp3) is 0.571. The van der Waals surface area contributed by atoms with Crippen LogP contribution in [0.25, 0.3) is 0 Å². The summed E-state index contributed by atoms with van der Waals surface area (Å²) >= 11 is 0. The van der Waals surface area contributed by atoms with E-state index in [0.29, 0.717) is 19.0 Å². The maximum Gasteiger partial charge on any atom is 0.279 e. The first-order chi connectivity index (χ1) is 10.9. The van der Waals surface area contributed by atoms with Gasteiger partial charge in [-0.25, -0.2) is 9.71 Å². The lowest BCUT2D eigenvalue weighted by Crippen LogP contribution is -2.47. The quantitative estimate of drug-likeness (QED) is 0.634. The summed E-state index contributed by atoms with van der Waals surface area (Å²) in [6.45, 7) is 3.25. The lowest BCUT2D eigenvalue weighted by Gasteiger charge is -2.29. The van der Waals surface area contributed by atoms with Crippen LogP contribution >= 0.6 is 0 Å². The molecule has 1 atom stereocenters. The van der Waals surface area contributed by atoms with E-state index in [4.69, 9.17) is 0 Å². The highest BCUT2D eigenvalue weighted by molar-refractivity contribution is 7.87. The Kier molecular flexibility index (Phi) is 5.91. The van der Waals surface area contributed by atoms with E-state index in [1.54, 1.807) is 0 Å². The summed E-state index contributed by atoms with van der Waals surface area (Å²) in [6.07, 6.45) is 3.29. The molecule has 2 heterocycles. The number of hydrogen-bond donors (Lipinski definition) is 3. The predicted octanol–water partition coefficient (Wildman–Crippen LogP) is 0.0833. The van der Waals surface area contributed by atoms with Gasteiger partial charge in [0.15, 0.2) is 5.69 Å². The molecule has 128 valence electrons. The molecule has 1 amide bonds. The van der Waals surface area contributed by atoms with Crippen molar-refractivity contribution in [1.29, 1.82) is 0 Å². The Morgan fingerprint density at radius 2 is 2.26 bits per heavy atom. The van der Waals surface area contributed by atoms with Crippen molar-refractivity contribution in [3.63, 3.8) is 0 Å². The summed E-state index contributed by atoms with van der Waals surface area (Å²) in [5.41, 5.74) is -0.0831. The molecule has 0 unspecified atom stereocenters. The van der Waals surface area contributed by atoms with Crippen molar-refractivity contribution in [3.05, 3.63) is 24.0 Å². The molecule has 0 bridgehead atoms. The van der Waals surface area contributed by atoms with Crippen LogP contribution in [0.2, 0.25) is 0 Å². The zero-order valence-corrected chi connectivity index (χ0v) is 13.8. The number of hydrogen-bond acceptors (Lipinski definition) is 5. The fourth-order valence-corrected chi connectivity index (χ4v) is 3.83. The number of piperidine rings is 1. The van der Waals surface area contributed by atoms with E-state index in [0.717, 1.165) is 12.8 Å². The minimum atomic E-state index is -3.52. The van der Waals surface area contributed by atoms with Crippen molar-refractivity contribution in [3.8, 4) is 5.75 Å². The standard InChI is InChI=1S/C14H22N4O4S/c1-11-4-3-9-18(10-11)23(21,22)17-8-7-16-14(20)13-12(19)5-2-6-15-13/h2,5-6,11,17,19H,3-4,7-10H2,1H3,(H,16,20)/t11-/m1/s1. The van der Waals surface area contributed by atoms with E-state index in [9.17, 15) is 18.3 Å². The van der Waals surface area contributed by atoms with Gasteiger partial charge in [-0.15, -0.1) is 0 Å². The summed E-state index contributed by atoms with van der Waals surface area (Å²) < 4.78 is 28.2. The lowest BCUT2D eigenvalue weighted by molar-refractivity contribution is 0.0946. The number of pyridine rings is 1. The van der Waals surface area contributed by atoms with E-state index in [1.807, 2.05) is 6.92 Å². The van der Waals surface area contributed by atoms with Crippen LogP contribution in [0.1, 0.15) is 30.3 Å². The summed E-state index contributed by atoms with van der Waals surface area (Å²) in [6, 6.07) is 2.88. The van der Waals surface area contributed by atoms with Crippen LogP contribution < -0.4 is 10.0 Å². The molecular weight excluding hydrogens is 320 g/mol. The minimum Gasteiger partial charge on any atom is -0.505 e. The smallest absolute Gasteiger partial charge is 0.279 e. The number of aromatic nitrogens is 1. The Morgan fingerprint density at radius 1 is 1.48 bits per heavy atom. The monoisotopic (exact) mass is 342 g/mol. The van der Waals surface area contributed by atoms with Crippen LogP contribution in [-0.2, 0) is 10.2 Å². The van der Waals surface area contributed by atoms with Gasteiger partial charge in [-0.1, -0.05) is 6.92 Å². The van der Waals surface area contributed by atoms with Gasteiger partial charge < -0.3 is 10.4 Å². The summed E-state index contributed by atoms with van der Waals surface area (Å²) in [5, 5.41) is 12.0. The molecule has 0 aliphatic carbocycles. The van der Waals surface area contributed by atoms with Crippen LogP contribution in [0.4, 0.5) is 0 Å². The molecule has 1 saturated heterocycles. The minimum absolute atomic E-state index is 0.0759. The van der Waals surface area contributed by atoms with Gasteiger partial charge in [-0.3, -0.25) is 4.79 Å². The van der Waals surface area contributed by atoms with E-state index < -0.39 is 16.1 Å². The zero-order chi connectivity index (χ0) is 16.9. The second-order valence-electron chi connectivity index (χ2n) is 5.63. The second kappa shape index (κ2) is 7.71. The van der Waals surface area contributed by atoms with Crippen molar-refractivity contribution < 1.29 is 18.3 Å². The van der Waals surface area contributed by atoms with Crippen LogP contribution in [0, 0.1) is 5.92 Å². The van der Waals surface area contributed by atoms with Crippen molar-refractivity contribution >= 4 is 16.1 Å². The highest BCUT2D eigenvalue weighted by atomic mass is 32.2. The Hall–Kier alpha value is -1.71. The first kappa shape index (κ1) is 17.6. The lowest BCUT2D eigenvalue weighted by atomic mass is 10.0. The molecule has 23 heavy (non-hydrogen) atoms. The molecule has 0 radical (unpaired) electrons. The van der Waals surface area contributed by atoms with Crippen LogP contribution in [0.3, 0.4) is 0 Å². The first-order valence-electron chi connectivity index (χ1n) is 7.57. The number of carbonyl (C=O) groups excluding carboxylic acids is 1. The van der Waals surface area contributed by atoms with Gasteiger partial charge in [0.05, 0.1) is 0 Å². The van der Waals surface area contributed by atoms with Gasteiger partial charge in [-0.05, 0) is 30.9 Å². The number of nitrogens with zero attached hydrogens (tertiary/aromatic N) is 2. The van der Waals surface area contributed by atoms with Gasteiger partial charge in [0.1, 0.15) is 5.75 Å². The molecule has 9 heteroatoms. The molecule has 2 rings (SSSR count). The van der Waals surface area contributed by atoms with Crippen molar-refractivity contribution in [2.24, 2.45) is 5.92 Å². The van der Waals surface area contributed by atoms with Crippen molar-refractivity contribution in [1.82, 2.24) is 19.3 Å². The molecule has 1 aromatic rings. The normalized spacial score (nSPS) is 19.4. The number of aromatic hydroxyl groups is 1. The maximum absolute atomic E-state index is 12.1. The molecule has 3 N–H and O–H groups in total. The predicted molar refractivity (Wildman–Crippen MR) is 85.1 cm³/mol. The topological polar surface area (TPSA) is 112 Å². The molecule has 0 spiro atoms.